The zero-order valence-corrected chi connectivity index (χ0v) is 12.2. The Bertz CT molecular complexity index is 649. The van der Waals surface area contributed by atoms with Gasteiger partial charge in [0.15, 0.2) is 0 Å². The number of halogens is 4. The summed E-state index contributed by atoms with van der Waals surface area (Å²) in [5.74, 6) is -0.466. The molecule has 0 aliphatic heterocycles. The molecule has 6 heteroatoms. The third kappa shape index (κ3) is 2.15. The van der Waals surface area contributed by atoms with Crippen molar-refractivity contribution in [2.75, 3.05) is 0 Å². The number of benzene rings is 1. The van der Waals surface area contributed by atoms with E-state index in [9.17, 15) is 13.2 Å². The molecule has 20 heavy (non-hydrogen) atoms. The van der Waals surface area contributed by atoms with Gasteiger partial charge in [-0.25, -0.2) is 13.2 Å². The average Bonchev–Trinajstić information content (AvgIpc) is 2.66. The number of fused-ring (bicyclic) bond motifs is 1. The van der Waals surface area contributed by atoms with E-state index in [0.29, 0.717) is 21.5 Å². The Kier molecular flexibility index (Phi) is 3.54. The first kappa shape index (κ1) is 13.9. The number of rotatable bonds is 3. The van der Waals surface area contributed by atoms with E-state index in [1.165, 1.54) is 6.07 Å². The van der Waals surface area contributed by atoms with Crippen LogP contribution >= 0.6 is 15.9 Å². The van der Waals surface area contributed by atoms with Crippen molar-refractivity contribution >= 4 is 26.8 Å². The molecule has 1 aromatic heterocycles. The molecule has 1 unspecified atom stereocenters. The Morgan fingerprint density at radius 1 is 1.30 bits per heavy atom. The predicted molar refractivity (Wildman–Crippen MR) is 75.4 cm³/mol. The maximum absolute atomic E-state index is 13.7. The van der Waals surface area contributed by atoms with E-state index < -0.39 is 18.3 Å². The number of hydrogen-bond acceptors (Lipinski definition) is 1. The third-order valence-corrected chi connectivity index (χ3v) is 4.61. The quantitative estimate of drug-likeness (QED) is 0.869. The highest BCUT2D eigenvalue weighted by Crippen LogP contribution is 2.39. The van der Waals surface area contributed by atoms with Crippen molar-refractivity contribution in [3.63, 3.8) is 0 Å². The van der Waals surface area contributed by atoms with E-state index in [0.717, 1.165) is 24.8 Å². The van der Waals surface area contributed by atoms with Crippen molar-refractivity contribution in [2.45, 2.75) is 37.8 Å². The van der Waals surface area contributed by atoms with Crippen molar-refractivity contribution in [2.24, 2.45) is 5.73 Å². The maximum atomic E-state index is 13.7. The normalized spacial score (nSPS) is 17.7. The van der Waals surface area contributed by atoms with Gasteiger partial charge in [-0.05, 0) is 47.3 Å². The summed E-state index contributed by atoms with van der Waals surface area (Å²) in [7, 11) is 0. The fourth-order valence-corrected chi connectivity index (χ4v) is 2.97. The maximum Gasteiger partial charge on any atom is 0.257 e. The van der Waals surface area contributed by atoms with Gasteiger partial charge in [0.05, 0.1) is 10.5 Å². The summed E-state index contributed by atoms with van der Waals surface area (Å²) in [5, 5.41) is 0.477. The molecule has 3 rings (SSSR count). The Hall–Kier alpha value is -1.01. The third-order valence-electron chi connectivity index (χ3n) is 4.00. The number of hydrogen-bond donors (Lipinski definition) is 1. The van der Waals surface area contributed by atoms with E-state index in [4.69, 9.17) is 5.73 Å². The van der Waals surface area contributed by atoms with Gasteiger partial charge in [0.2, 0.25) is 0 Å². The number of alkyl halides is 2. The molecule has 108 valence electrons. The van der Waals surface area contributed by atoms with Gasteiger partial charge in [0, 0.05) is 28.7 Å². The highest BCUT2D eigenvalue weighted by atomic mass is 79.9. The van der Waals surface area contributed by atoms with Crippen LogP contribution in [0.3, 0.4) is 0 Å². The zero-order chi connectivity index (χ0) is 14.4. The molecule has 1 aliphatic carbocycles. The molecule has 1 aliphatic rings. The fraction of sp³-hybridized carbons (Fsp3) is 0.429. The molecule has 0 amide bonds. The van der Waals surface area contributed by atoms with Gasteiger partial charge < -0.3 is 10.3 Å². The van der Waals surface area contributed by atoms with Gasteiger partial charge in [-0.1, -0.05) is 0 Å². The monoisotopic (exact) mass is 346 g/mol. The predicted octanol–water partition coefficient (Wildman–Crippen LogP) is 4.53. The fourth-order valence-electron chi connectivity index (χ4n) is 2.64. The Morgan fingerprint density at radius 3 is 2.55 bits per heavy atom. The molecular weight excluding hydrogens is 333 g/mol. The topological polar surface area (TPSA) is 30.9 Å². The van der Waals surface area contributed by atoms with Crippen LogP contribution in [0.25, 0.3) is 10.9 Å². The molecule has 0 saturated heterocycles. The van der Waals surface area contributed by atoms with Gasteiger partial charge in [-0.3, -0.25) is 0 Å². The van der Waals surface area contributed by atoms with E-state index in [1.807, 2.05) is 4.57 Å². The molecule has 1 fully saturated rings. The lowest BCUT2D eigenvalue weighted by Gasteiger charge is -2.28. The van der Waals surface area contributed by atoms with E-state index in [-0.39, 0.29) is 0 Å². The second kappa shape index (κ2) is 5.07. The van der Waals surface area contributed by atoms with Gasteiger partial charge in [-0.15, -0.1) is 0 Å². The zero-order valence-electron chi connectivity index (χ0n) is 10.6. The van der Waals surface area contributed by atoms with Crippen molar-refractivity contribution in [1.82, 2.24) is 4.57 Å². The van der Waals surface area contributed by atoms with Crippen LogP contribution in [-0.4, -0.2) is 11.0 Å². The summed E-state index contributed by atoms with van der Waals surface area (Å²) in [5.41, 5.74) is 6.64. The number of nitrogens with zero attached hydrogens (tertiary/aromatic N) is 1. The van der Waals surface area contributed by atoms with Crippen LogP contribution in [0.5, 0.6) is 0 Å². The molecule has 2 N–H and O–H groups in total. The van der Waals surface area contributed by atoms with Crippen molar-refractivity contribution in [1.29, 1.82) is 0 Å². The minimum Gasteiger partial charge on any atom is -0.344 e. The van der Waals surface area contributed by atoms with Crippen LogP contribution in [0.15, 0.2) is 22.8 Å². The average molecular weight is 347 g/mol. The van der Waals surface area contributed by atoms with E-state index in [1.54, 1.807) is 12.3 Å². The minimum atomic E-state index is -2.66. The van der Waals surface area contributed by atoms with Gasteiger partial charge >= 0.3 is 0 Å². The molecule has 1 atom stereocenters. The van der Waals surface area contributed by atoms with Crippen LogP contribution in [0.1, 0.15) is 36.9 Å². The second-order valence-electron chi connectivity index (χ2n) is 5.22. The summed E-state index contributed by atoms with van der Waals surface area (Å²) < 4.78 is 41.8. The van der Waals surface area contributed by atoms with Gasteiger partial charge in [-0.2, -0.15) is 0 Å². The smallest absolute Gasteiger partial charge is 0.257 e. The van der Waals surface area contributed by atoms with Crippen LogP contribution in [0.4, 0.5) is 13.2 Å². The summed E-state index contributed by atoms with van der Waals surface area (Å²) in [6.07, 6.45) is 2.16. The largest absolute Gasteiger partial charge is 0.344 e. The number of nitrogens with two attached hydrogens (primary N) is 1. The van der Waals surface area contributed by atoms with Crippen LogP contribution in [-0.2, 0) is 0 Å². The highest BCUT2D eigenvalue weighted by Gasteiger charge is 2.27. The van der Waals surface area contributed by atoms with Crippen molar-refractivity contribution < 1.29 is 13.2 Å². The lowest BCUT2D eigenvalue weighted by Crippen LogP contribution is -2.19. The summed E-state index contributed by atoms with van der Waals surface area (Å²) in [4.78, 5) is 0. The first-order valence-corrected chi connectivity index (χ1v) is 7.31. The molecule has 2 nitrogen and oxygen atoms in total. The van der Waals surface area contributed by atoms with Crippen LogP contribution < -0.4 is 5.73 Å². The highest BCUT2D eigenvalue weighted by molar-refractivity contribution is 9.10. The van der Waals surface area contributed by atoms with Gasteiger partial charge in [0.25, 0.3) is 6.43 Å². The van der Waals surface area contributed by atoms with Crippen LogP contribution in [0.2, 0.25) is 0 Å². The molecule has 1 saturated carbocycles. The molecule has 0 radical (unpaired) electrons. The van der Waals surface area contributed by atoms with Gasteiger partial charge in [0.1, 0.15) is 5.82 Å². The lowest BCUT2D eigenvalue weighted by molar-refractivity contribution is 0.117. The van der Waals surface area contributed by atoms with Crippen molar-refractivity contribution in [3.05, 3.63) is 34.2 Å². The first-order chi connectivity index (χ1) is 9.49. The standard InChI is InChI=1S/C14H14BrF3N2/c15-10-5-12-8(4-11(10)16)9(13(19)14(17)18)6-20(12)7-2-1-3-7/h4-7,13-14H,1-3,19H2. The molecule has 0 bridgehead atoms. The summed E-state index contributed by atoms with van der Waals surface area (Å²) in [6.45, 7) is 0. The molecule has 2 aromatic rings. The molecule has 1 heterocycles. The first-order valence-electron chi connectivity index (χ1n) is 6.52. The molecule has 1 aromatic carbocycles. The lowest BCUT2D eigenvalue weighted by atomic mass is 9.93. The van der Waals surface area contributed by atoms with Crippen molar-refractivity contribution in [3.8, 4) is 0 Å². The molecular formula is C14H14BrF3N2. The molecule has 0 spiro atoms. The van der Waals surface area contributed by atoms with Crippen LogP contribution in [0, 0.1) is 5.82 Å². The Morgan fingerprint density at radius 2 is 2.00 bits per heavy atom. The van der Waals surface area contributed by atoms with E-state index >= 15 is 0 Å². The Balaban J connectivity index is 2.21. The minimum absolute atomic E-state index is 0.300. The number of aromatic nitrogens is 1. The van der Waals surface area contributed by atoms with E-state index in [2.05, 4.69) is 15.9 Å². The summed E-state index contributed by atoms with van der Waals surface area (Å²) in [6, 6.07) is 1.84. The SMILES string of the molecule is NC(c1cn(C2CCC2)c2cc(Br)c(F)cc12)C(F)F. The second-order valence-corrected chi connectivity index (χ2v) is 6.07. The Labute approximate surface area is 122 Å². The summed E-state index contributed by atoms with van der Waals surface area (Å²) >= 11 is 3.15.